The third-order valence-electron chi connectivity index (χ3n) is 4.12. The van der Waals surface area contributed by atoms with Gasteiger partial charge in [0.2, 0.25) is 10.0 Å². The van der Waals surface area contributed by atoms with Crippen molar-refractivity contribution in [2.45, 2.75) is 31.8 Å². The number of aryl methyl sites for hydroxylation is 1. The Balaban J connectivity index is 2.20. The number of carbonyl (C=O) groups excluding carboxylic acids is 1. The molecule has 0 fully saturated rings. The fourth-order valence-electron chi connectivity index (χ4n) is 2.58. The Kier molecular flexibility index (Phi) is 6.57. The van der Waals surface area contributed by atoms with Crippen LogP contribution in [0.15, 0.2) is 45.9 Å². The highest BCUT2D eigenvalue weighted by atomic mass is 32.2. The first-order valence-corrected chi connectivity index (χ1v) is 9.85. The number of hydrogen-bond acceptors (Lipinski definition) is 5. The second kappa shape index (κ2) is 8.48. The summed E-state index contributed by atoms with van der Waals surface area (Å²) in [5.41, 5.74) is 0.901. The Labute approximate surface area is 153 Å². The SMILES string of the molecule is CCN(CC)S(=O)(=O)c1ccc(C)c(C(=O)NCC(O)c2ccco2)c1. The molecule has 1 unspecified atom stereocenters. The van der Waals surface area contributed by atoms with Crippen LogP contribution in [0.2, 0.25) is 0 Å². The van der Waals surface area contributed by atoms with E-state index in [4.69, 9.17) is 4.42 Å². The van der Waals surface area contributed by atoms with Crippen LogP contribution in [0, 0.1) is 6.92 Å². The quantitative estimate of drug-likeness (QED) is 0.730. The summed E-state index contributed by atoms with van der Waals surface area (Å²) in [6, 6.07) is 7.73. The average Bonchev–Trinajstić information content (AvgIpc) is 3.15. The summed E-state index contributed by atoms with van der Waals surface area (Å²) in [5, 5.41) is 12.6. The van der Waals surface area contributed by atoms with Crippen LogP contribution in [0.3, 0.4) is 0 Å². The average molecular weight is 380 g/mol. The lowest BCUT2D eigenvalue weighted by Gasteiger charge is -2.19. The lowest BCUT2D eigenvalue weighted by molar-refractivity contribution is 0.0900. The summed E-state index contributed by atoms with van der Waals surface area (Å²) in [6.07, 6.45) is 0.461. The van der Waals surface area contributed by atoms with E-state index in [1.807, 2.05) is 0 Å². The molecule has 0 aliphatic heterocycles. The van der Waals surface area contributed by atoms with Gasteiger partial charge in [-0.05, 0) is 36.8 Å². The van der Waals surface area contributed by atoms with E-state index in [0.717, 1.165) is 0 Å². The number of aliphatic hydroxyl groups is 1. The molecule has 0 bridgehead atoms. The van der Waals surface area contributed by atoms with Crippen molar-refractivity contribution in [1.82, 2.24) is 9.62 Å². The maximum absolute atomic E-state index is 12.6. The zero-order valence-electron chi connectivity index (χ0n) is 15.1. The van der Waals surface area contributed by atoms with Crippen LogP contribution in [0.5, 0.6) is 0 Å². The van der Waals surface area contributed by atoms with E-state index >= 15 is 0 Å². The molecule has 2 aromatic rings. The maximum Gasteiger partial charge on any atom is 0.251 e. The number of benzene rings is 1. The van der Waals surface area contributed by atoms with Crippen molar-refractivity contribution in [3.63, 3.8) is 0 Å². The summed E-state index contributed by atoms with van der Waals surface area (Å²) in [7, 11) is -3.65. The topological polar surface area (TPSA) is 99.9 Å². The van der Waals surface area contributed by atoms with Gasteiger partial charge in [-0.3, -0.25) is 4.79 Å². The summed E-state index contributed by atoms with van der Waals surface area (Å²) in [4.78, 5) is 12.5. The van der Waals surface area contributed by atoms with Gasteiger partial charge in [-0.2, -0.15) is 4.31 Å². The molecule has 2 N–H and O–H groups in total. The molecule has 142 valence electrons. The molecule has 1 aromatic carbocycles. The Bertz CT molecular complexity index is 842. The lowest BCUT2D eigenvalue weighted by atomic mass is 10.1. The second-order valence-electron chi connectivity index (χ2n) is 5.81. The molecule has 8 heteroatoms. The number of furan rings is 1. The summed E-state index contributed by atoms with van der Waals surface area (Å²) in [5.74, 6) is -0.107. The minimum Gasteiger partial charge on any atom is -0.467 e. The number of sulfonamides is 1. The van der Waals surface area contributed by atoms with Crippen molar-refractivity contribution >= 4 is 15.9 Å². The molecule has 2 rings (SSSR count). The first-order valence-electron chi connectivity index (χ1n) is 8.41. The largest absolute Gasteiger partial charge is 0.467 e. The van der Waals surface area contributed by atoms with Crippen molar-refractivity contribution in [3.8, 4) is 0 Å². The van der Waals surface area contributed by atoms with Crippen molar-refractivity contribution in [1.29, 1.82) is 0 Å². The van der Waals surface area contributed by atoms with Gasteiger partial charge in [0.25, 0.3) is 5.91 Å². The second-order valence-corrected chi connectivity index (χ2v) is 7.75. The van der Waals surface area contributed by atoms with E-state index in [9.17, 15) is 18.3 Å². The predicted molar refractivity (Wildman–Crippen MR) is 97.3 cm³/mol. The molecule has 0 aliphatic carbocycles. The van der Waals surface area contributed by atoms with Gasteiger partial charge in [0.1, 0.15) is 11.9 Å². The fraction of sp³-hybridized carbons (Fsp3) is 0.389. The predicted octanol–water partition coefficient (Wildman–Crippen LogP) is 2.08. The highest BCUT2D eigenvalue weighted by Crippen LogP contribution is 2.20. The fourth-order valence-corrected chi connectivity index (χ4v) is 4.07. The van der Waals surface area contributed by atoms with Crippen molar-refractivity contribution in [2.75, 3.05) is 19.6 Å². The van der Waals surface area contributed by atoms with Crippen LogP contribution in [0.1, 0.15) is 41.6 Å². The third kappa shape index (κ3) is 4.32. The van der Waals surface area contributed by atoms with Gasteiger partial charge < -0.3 is 14.8 Å². The van der Waals surface area contributed by atoms with Gasteiger partial charge in [0.15, 0.2) is 0 Å². The lowest BCUT2D eigenvalue weighted by Crippen LogP contribution is -2.31. The van der Waals surface area contributed by atoms with E-state index in [-0.39, 0.29) is 17.0 Å². The minimum absolute atomic E-state index is 0.0428. The third-order valence-corrected chi connectivity index (χ3v) is 6.17. The molecular formula is C18H24N2O5S. The number of hydrogen-bond donors (Lipinski definition) is 2. The van der Waals surface area contributed by atoms with Crippen molar-refractivity contribution in [3.05, 3.63) is 53.5 Å². The van der Waals surface area contributed by atoms with Crippen LogP contribution >= 0.6 is 0 Å². The first-order chi connectivity index (χ1) is 12.3. The molecule has 1 aromatic heterocycles. The van der Waals surface area contributed by atoms with Crippen LogP contribution in [0.4, 0.5) is 0 Å². The highest BCUT2D eigenvalue weighted by molar-refractivity contribution is 7.89. The Morgan fingerprint density at radius 3 is 2.54 bits per heavy atom. The van der Waals surface area contributed by atoms with E-state index in [1.54, 1.807) is 39.0 Å². The zero-order chi connectivity index (χ0) is 19.3. The standard InChI is InChI=1S/C18H24N2O5S/c1-4-20(5-2)26(23,24)14-9-8-13(3)15(11-14)18(22)19-12-16(21)17-7-6-10-25-17/h6-11,16,21H,4-5,12H2,1-3H3,(H,19,22). The Hall–Kier alpha value is -2.16. The number of nitrogens with one attached hydrogen (secondary N) is 1. The minimum atomic E-state index is -3.65. The summed E-state index contributed by atoms with van der Waals surface area (Å²) in [6.45, 7) is 5.91. The first kappa shape index (κ1) is 20.2. The molecule has 1 heterocycles. The molecule has 7 nitrogen and oxygen atoms in total. The van der Waals surface area contributed by atoms with E-state index < -0.39 is 22.0 Å². The van der Waals surface area contributed by atoms with Gasteiger partial charge in [0.05, 0.1) is 17.7 Å². The number of carbonyl (C=O) groups is 1. The van der Waals surface area contributed by atoms with Crippen molar-refractivity contribution in [2.24, 2.45) is 0 Å². The number of aliphatic hydroxyl groups excluding tert-OH is 1. The Morgan fingerprint density at radius 2 is 1.96 bits per heavy atom. The van der Waals surface area contributed by atoms with Gasteiger partial charge >= 0.3 is 0 Å². The van der Waals surface area contributed by atoms with E-state index in [0.29, 0.717) is 24.4 Å². The van der Waals surface area contributed by atoms with Gasteiger partial charge in [-0.1, -0.05) is 19.9 Å². The van der Waals surface area contributed by atoms with Crippen LogP contribution in [-0.4, -0.2) is 43.4 Å². The van der Waals surface area contributed by atoms with Gasteiger partial charge in [-0.25, -0.2) is 8.42 Å². The maximum atomic E-state index is 12.6. The summed E-state index contributed by atoms with van der Waals surface area (Å²) >= 11 is 0. The van der Waals surface area contributed by atoms with Gasteiger partial charge in [-0.15, -0.1) is 0 Å². The van der Waals surface area contributed by atoms with E-state index in [1.165, 1.54) is 22.7 Å². The molecule has 0 spiro atoms. The van der Waals surface area contributed by atoms with E-state index in [2.05, 4.69) is 5.32 Å². The van der Waals surface area contributed by atoms with Crippen LogP contribution in [0.25, 0.3) is 0 Å². The Morgan fingerprint density at radius 1 is 1.27 bits per heavy atom. The summed E-state index contributed by atoms with van der Waals surface area (Å²) < 4.78 is 31.7. The number of nitrogens with zero attached hydrogens (tertiary/aromatic N) is 1. The highest BCUT2D eigenvalue weighted by Gasteiger charge is 2.23. The molecule has 26 heavy (non-hydrogen) atoms. The molecular weight excluding hydrogens is 356 g/mol. The normalized spacial score (nSPS) is 13.0. The molecule has 0 radical (unpaired) electrons. The molecule has 1 atom stereocenters. The monoisotopic (exact) mass is 380 g/mol. The zero-order valence-corrected chi connectivity index (χ0v) is 15.9. The van der Waals surface area contributed by atoms with Gasteiger partial charge in [0, 0.05) is 18.7 Å². The molecule has 0 aliphatic rings. The van der Waals surface area contributed by atoms with Crippen molar-refractivity contribution < 1.29 is 22.7 Å². The molecule has 0 saturated heterocycles. The smallest absolute Gasteiger partial charge is 0.251 e. The molecule has 0 saturated carbocycles. The van der Waals surface area contributed by atoms with Crippen LogP contribution < -0.4 is 5.32 Å². The number of amides is 1. The van der Waals surface area contributed by atoms with Crippen LogP contribution in [-0.2, 0) is 10.0 Å². The molecule has 1 amide bonds. The number of rotatable bonds is 8.